The molecule has 0 aliphatic heterocycles. The molecular weight excluding hydrogens is 1830 g/mol. The van der Waals surface area contributed by atoms with Crippen molar-refractivity contribution in [2.24, 2.45) is 65.3 Å². The van der Waals surface area contributed by atoms with E-state index in [2.05, 4.69) is 215 Å². The molecule has 0 spiro atoms. The van der Waals surface area contributed by atoms with Gasteiger partial charge in [-0.2, -0.15) is 71.4 Å². The van der Waals surface area contributed by atoms with Gasteiger partial charge in [-0.3, -0.25) is 38.0 Å². The lowest BCUT2D eigenvalue weighted by molar-refractivity contribution is 0.344. The van der Waals surface area contributed by atoms with Gasteiger partial charge in [0.2, 0.25) is 0 Å². The van der Waals surface area contributed by atoms with Gasteiger partial charge < -0.3 is 0 Å². The van der Waals surface area contributed by atoms with Crippen molar-refractivity contribution < 1.29 is 0 Å². The van der Waals surface area contributed by atoms with Gasteiger partial charge in [0.15, 0.2) is 40.7 Å². The van der Waals surface area contributed by atoms with Crippen LogP contribution < -0.4 is 38.0 Å². The van der Waals surface area contributed by atoms with Crippen LogP contribution in [0.25, 0.3) is 75.4 Å². The monoisotopic (exact) mass is 1980 g/mol. The highest BCUT2D eigenvalue weighted by Gasteiger charge is 2.21. The van der Waals surface area contributed by atoms with Gasteiger partial charge in [-0.1, -0.05) is 392 Å². The minimum Gasteiger partial charge on any atom is -0.260 e. The summed E-state index contributed by atoms with van der Waals surface area (Å²) in [6.07, 6.45) is 63.8. The van der Waals surface area contributed by atoms with Crippen molar-refractivity contribution in [3.8, 4) is 0 Å². The van der Waals surface area contributed by atoms with Crippen molar-refractivity contribution in [3.05, 3.63) is 285 Å². The fraction of sp³-hybridized carbons (Fsp3) is 0.375. The van der Waals surface area contributed by atoms with Crippen LogP contribution in [0.15, 0.2) is 310 Å². The number of nitrogens with zero attached hydrogens (tertiary/aromatic N) is 21. The highest BCUT2D eigenvalue weighted by Crippen LogP contribution is 2.34. The Kier molecular flexibility index (Phi) is 43.7. The van der Waals surface area contributed by atoms with Gasteiger partial charge in [-0.05, 0) is 138 Å². The first-order valence-corrected chi connectivity index (χ1v) is 53.8. The molecule has 9 aromatic carbocycles. The van der Waals surface area contributed by atoms with Gasteiger partial charge >= 0.3 is 0 Å². The number of aromatic nitrogens is 14. The Morgan fingerprint density at radius 2 is 0.635 bits per heavy atom. The van der Waals surface area contributed by atoms with E-state index >= 15 is 0 Å². The molecular formula is C120H144N28. The number of nitrogens with one attached hydrogen (secondary N) is 7. The van der Waals surface area contributed by atoms with Crippen molar-refractivity contribution >= 4 is 158 Å². The summed E-state index contributed by atoms with van der Waals surface area (Å²) in [5.74, 6) is 8.81. The van der Waals surface area contributed by atoms with Crippen LogP contribution in [0.4, 0.5) is 40.7 Å². The van der Waals surface area contributed by atoms with Crippen LogP contribution in [0.3, 0.4) is 0 Å². The highest BCUT2D eigenvalue weighted by molar-refractivity contribution is 6.02. The molecule has 21 rings (SSSR count). The van der Waals surface area contributed by atoms with Crippen molar-refractivity contribution in [1.82, 2.24) is 71.4 Å². The number of benzene rings is 9. The lowest BCUT2D eigenvalue weighted by Crippen LogP contribution is -2.16. The fourth-order valence-electron chi connectivity index (χ4n) is 19.8. The first kappa shape index (κ1) is 107. The van der Waals surface area contributed by atoms with Gasteiger partial charge in [0.1, 0.15) is 0 Å². The molecule has 148 heavy (non-hydrogen) atoms. The number of hydrogen-bond acceptors (Lipinski definition) is 28. The average Bonchev–Trinajstić information content (AvgIpc) is 0.818. The molecule has 5 aliphatic carbocycles. The topological polar surface area (TPSA) is 351 Å². The Balaban J connectivity index is 0.000000129. The molecule has 0 amide bonds. The number of aryl methyl sites for hydroxylation is 1. The summed E-state index contributed by atoms with van der Waals surface area (Å²) in [6.45, 7) is 8.54. The van der Waals surface area contributed by atoms with Crippen LogP contribution in [-0.2, 0) is 6.42 Å². The first-order valence-electron chi connectivity index (χ1n) is 53.8. The van der Waals surface area contributed by atoms with Crippen LogP contribution in [0, 0.1) is 29.6 Å². The van der Waals surface area contributed by atoms with Crippen LogP contribution >= 0.6 is 0 Å². The molecule has 28 heteroatoms. The molecule has 16 aromatic rings. The normalized spacial score (nSPS) is 15.3. The number of hydrazone groups is 7. The third kappa shape index (κ3) is 34.4. The van der Waals surface area contributed by atoms with E-state index in [0.29, 0.717) is 17.7 Å². The molecule has 7 heterocycles. The van der Waals surface area contributed by atoms with Crippen LogP contribution in [0.5, 0.6) is 0 Å². The zero-order valence-electron chi connectivity index (χ0n) is 86.4. The number of anilines is 7. The third-order valence-corrected chi connectivity index (χ3v) is 27.9. The zero-order chi connectivity index (χ0) is 102. The predicted octanol–water partition coefficient (Wildman–Crippen LogP) is 29.8. The molecule has 0 unspecified atom stereocenters. The van der Waals surface area contributed by atoms with Crippen LogP contribution in [0.2, 0.25) is 0 Å². The van der Waals surface area contributed by atoms with Gasteiger partial charge in [0, 0.05) is 111 Å². The van der Waals surface area contributed by atoms with Crippen molar-refractivity contribution in [2.45, 2.75) is 259 Å². The molecule has 0 radical (unpaired) electrons. The molecule has 0 saturated heterocycles. The Labute approximate surface area is 870 Å². The highest BCUT2D eigenvalue weighted by atomic mass is 15.4. The smallest absolute Gasteiger partial charge is 0.176 e. The van der Waals surface area contributed by atoms with E-state index in [9.17, 15) is 0 Å². The minimum atomic E-state index is 0.615. The minimum absolute atomic E-state index is 0.615. The summed E-state index contributed by atoms with van der Waals surface area (Å²) in [5.41, 5.74) is 28.5. The molecule has 28 nitrogen and oxygen atoms in total. The van der Waals surface area contributed by atoms with Crippen molar-refractivity contribution in [3.63, 3.8) is 0 Å². The first-order chi connectivity index (χ1) is 73.2. The maximum absolute atomic E-state index is 4.63. The average molecular weight is 1980 g/mol. The summed E-state index contributed by atoms with van der Waals surface area (Å²) >= 11 is 0. The molecule has 7 N–H and O–H groups in total. The van der Waals surface area contributed by atoms with Crippen molar-refractivity contribution in [1.29, 1.82) is 0 Å². The van der Waals surface area contributed by atoms with E-state index in [1.165, 1.54) is 184 Å². The molecule has 0 atom stereocenters. The maximum atomic E-state index is 4.63. The van der Waals surface area contributed by atoms with E-state index in [4.69, 9.17) is 0 Å². The standard InChI is InChI=1S/C21H24N4.C18H18N4.2C17H22N4.2C16H20N4.C15H18N4/c1-2-9-19(14-8-12-17-10-4-3-5-11-17)23-25-21-20-15-7-6-13-18(20)16-22-24-21;1-2-8-17(14-9-4-3-5-10-14)20-22-18-16-12-7-6-11-15(16)13-19-21-18;1-13(11-14-7-3-2-4-8-14)19-21-17-16-10-6-5-9-15(16)12-18-20-17;1-2-7-14(8-3-1)9-6-12-18-20-17-16-11-5-4-10-15(16)13-19-21-17;1-12(13-7-3-2-4-8-13)18-20-16-15-10-6-5-9-14(15)11-17-19-16;1-2-6-13(7-3-1)10-11-17-19-16-15-9-5-4-8-14(15)12-18-20-16;1-2-6-12(7-3-1)10-16-18-15-14-9-5-4-8-13(14)11-17-19-15/h3-7,10-11,13,15-16H,2,8-9,12,14H2,1H3,(H,24,25);3-7,9-13H,2,8H2,1H3,(H,21,22);5-6,9-10,12,14H,2-4,7-8,11H2,1H3,(H,20,21);4-5,10-14H,1-3,6-9H2,(H,20,21);5-6,9-11,13H,2-4,7-8H2,1H3,(H,19,20);4-5,8-9,11-13H,1-3,6-7,10H2,(H,19,20);4-5,8-12H,1-3,6-7H2,(H,18,19)/b23-19-;20-17-;19-13-;2*18-12-;17-11-;16-10-. The van der Waals surface area contributed by atoms with E-state index in [1.807, 2.05) is 207 Å². The number of rotatable bonds is 32. The van der Waals surface area contributed by atoms with Crippen LogP contribution in [0.1, 0.15) is 264 Å². The molecule has 5 saturated carbocycles. The third-order valence-electron chi connectivity index (χ3n) is 27.9. The van der Waals surface area contributed by atoms with Gasteiger partial charge in [-0.25, -0.2) is 0 Å². The Hall–Kier alpha value is -15.4. The lowest BCUT2D eigenvalue weighted by atomic mass is 9.86. The van der Waals surface area contributed by atoms with E-state index < -0.39 is 0 Å². The second-order valence-corrected chi connectivity index (χ2v) is 39.0. The summed E-state index contributed by atoms with van der Waals surface area (Å²) < 4.78 is 0. The SMILES string of the molecule is C(/CC1CCCCC1)=N/Nc1nncc2ccccc12.C(/CCC1CCCCC1)=N/Nc1nncc2ccccc12.C(=N/Nc1nncc2ccccc12)/C1CCCCC1.C/C(=N/Nc1nncc2ccccc12)C1CCCCC1.C/C(CC1CCCCC1)=N/Nc1nncc2ccccc12.CCC/C(=N/Nc1nncc2ccccc12)c1ccccc1.CCC/C(CCCc1ccccc1)=N/Nc1nncc2ccccc12. The van der Waals surface area contributed by atoms with E-state index in [1.54, 1.807) is 43.4 Å². The summed E-state index contributed by atoms with van der Waals surface area (Å²) in [7, 11) is 0. The largest absolute Gasteiger partial charge is 0.260 e. The van der Waals surface area contributed by atoms with Crippen molar-refractivity contribution in [2.75, 3.05) is 38.0 Å². The fourth-order valence-corrected chi connectivity index (χ4v) is 19.8. The Bertz CT molecular complexity index is 6890. The molecule has 764 valence electrons. The van der Waals surface area contributed by atoms with E-state index in [-0.39, 0.29) is 0 Å². The van der Waals surface area contributed by atoms with Gasteiger partial charge in [-0.15, -0.1) is 35.7 Å². The molecule has 5 aliphatic rings. The maximum Gasteiger partial charge on any atom is 0.176 e. The molecule has 0 bridgehead atoms. The number of hydrogen-bond donors (Lipinski definition) is 7. The van der Waals surface area contributed by atoms with Crippen LogP contribution in [-0.4, -0.2) is 113 Å². The number of fused-ring (bicyclic) bond motifs is 7. The quantitative estimate of drug-likeness (QED) is 0.0152. The summed E-state index contributed by atoms with van der Waals surface area (Å²) in [4.78, 5) is 0. The summed E-state index contributed by atoms with van der Waals surface area (Å²) in [6, 6.07) is 77.3. The Morgan fingerprint density at radius 3 is 1.05 bits per heavy atom. The van der Waals surface area contributed by atoms with E-state index in [0.717, 1.165) is 209 Å². The predicted molar refractivity (Wildman–Crippen MR) is 615 cm³/mol. The van der Waals surface area contributed by atoms with Gasteiger partial charge in [0.05, 0.1) is 49.1 Å². The molecule has 5 fully saturated rings. The second-order valence-electron chi connectivity index (χ2n) is 39.0. The lowest BCUT2D eigenvalue weighted by Gasteiger charge is -2.21. The van der Waals surface area contributed by atoms with Gasteiger partial charge in [0.25, 0.3) is 0 Å². The molecule has 7 aromatic heterocycles. The Morgan fingerprint density at radius 1 is 0.304 bits per heavy atom. The second kappa shape index (κ2) is 60.5. The zero-order valence-corrected chi connectivity index (χ0v) is 86.4. The summed E-state index contributed by atoms with van der Waals surface area (Å²) in [5, 5.41) is 103.